The van der Waals surface area contributed by atoms with Crippen LogP contribution in [0.3, 0.4) is 0 Å². The average Bonchev–Trinajstić information content (AvgIpc) is 2.31. The summed E-state index contributed by atoms with van der Waals surface area (Å²) in [5.74, 6) is 1.62. The number of aliphatic imine (C=N–C) groups is 1. The molecule has 0 saturated heterocycles. The van der Waals surface area contributed by atoms with Crippen molar-refractivity contribution < 1.29 is 4.39 Å². The Hall–Kier alpha value is 0.300. The number of halogens is 1. The normalized spacial score (nSPS) is 25.0. The fraction of sp³-hybridized carbons (Fsp3) is 0.833. The van der Waals surface area contributed by atoms with Crippen molar-refractivity contribution in [2.45, 2.75) is 13.0 Å². The van der Waals surface area contributed by atoms with E-state index >= 15 is 0 Å². The molecule has 0 amide bonds. The molecule has 1 nitrogen and oxygen atoms in total. The molecular formula is C6H10FNS2. The fourth-order valence-corrected chi connectivity index (χ4v) is 2.66. The monoisotopic (exact) mass is 179 g/mol. The van der Waals surface area contributed by atoms with Gasteiger partial charge in [0, 0.05) is 11.5 Å². The lowest BCUT2D eigenvalue weighted by Gasteiger charge is -1.92. The molecule has 0 saturated carbocycles. The molecule has 1 aliphatic heterocycles. The molecule has 0 radical (unpaired) electrons. The molecule has 0 aromatic heterocycles. The lowest BCUT2D eigenvalue weighted by atomic mass is 10.4. The number of hydrogen-bond acceptors (Lipinski definition) is 3. The largest absolute Gasteiger partial charge is 0.268 e. The Balaban J connectivity index is 2.22. The van der Waals surface area contributed by atoms with Gasteiger partial charge in [0.25, 0.3) is 0 Å². The van der Waals surface area contributed by atoms with E-state index < -0.39 is 0 Å². The Kier molecular flexibility index (Phi) is 3.56. The van der Waals surface area contributed by atoms with Crippen molar-refractivity contribution in [3.05, 3.63) is 0 Å². The van der Waals surface area contributed by atoms with Gasteiger partial charge >= 0.3 is 0 Å². The van der Waals surface area contributed by atoms with Crippen LogP contribution < -0.4 is 0 Å². The van der Waals surface area contributed by atoms with Gasteiger partial charge in [0.05, 0.1) is 12.7 Å². The Morgan fingerprint density at radius 1 is 1.90 bits per heavy atom. The van der Waals surface area contributed by atoms with E-state index in [1.807, 2.05) is 0 Å². The van der Waals surface area contributed by atoms with E-state index in [9.17, 15) is 4.39 Å². The topological polar surface area (TPSA) is 12.4 Å². The zero-order valence-corrected chi connectivity index (χ0v) is 7.47. The van der Waals surface area contributed by atoms with Crippen LogP contribution in [0.1, 0.15) is 6.92 Å². The quantitative estimate of drug-likeness (QED) is 0.644. The molecule has 0 fully saturated rings. The lowest BCUT2D eigenvalue weighted by Crippen LogP contribution is -1.92. The Morgan fingerprint density at radius 2 is 2.70 bits per heavy atom. The number of thioether (sulfide) groups is 2. The first kappa shape index (κ1) is 8.40. The highest BCUT2D eigenvalue weighted by atomic mass is 32.2. The molecule has 10 heavy (non-hydrogen) atoms. The van der Waals surface area contributed by atoms with Crippen LogP contribution in [-0.2, 0) is 0 Å². The predicted molar refractivity (Wildman–Crippen MR) is 47.8 cm³/mol. The van der Waals surface area contributed by atoms with Gasteiger partial charge in [-0.25, -0.2) is 0 Å². The average molecular weight is 179 g/mol. The summed E-state index contributed by atoms with van der Waals surface area (Å²) in [6.07, 6.45) is 0. The minimum Gasteiger partial charge on any atom is -0.268 e. The maximum absolute atomic E-state index is 11.7. The van der Waals surface area contributed by atoms with Gasteiger partial charge in [-0.3, -0.25) is 9.38 Å². The van der Waals surface area contributed by atoms with Crippen molar-refractivity contribution in [3.63, 3.8) is 0 Å². The van der Waals surface area contributed by atoms with Crippen molar-refractivity contribution >= 4 is 27.9 Å². The number of rotatable bonds is 2. The van der Waals surface area contributed by atoms with E-state index in [1.165, 1.54) is 11.8 Å². The van der Waals surface area contributed by atoms with Crippen LogP contribution in [0.25, 0.3) is 0 Å². The summed E-state index contributed by atoms with van der Waals surface area (Å²) in [5, 5.41) is 0. The van der Waals surface area contributed by atoms with E-state index in [0.717, 1.165) is 10.1 Å². The minimum absolute atomic E-state index is 0.251. The Labute approximate surface area is 68.9 Å². The zero-order valence-electron chi connectivity index (χ0n) is 5.84. The highest BCUT2D eigenvalue weighted by Crippen LogP contribution is 2.25. The molecule has 58 valence electrons. The van der Waals surface area contributed by atoms with Crippen LogP contribution >= 0.6 is 23.5 Å². The summed E-state index contributed by atoms with van der Waals surface area (Å²) in [5.41, 5.74) is 0. The second kappa shape index (κ2) is 4.23. The first-order valence-electron chi connectivity index (χ1n) is 3.22. The van der Waals surface area contributed by atoms with Crippen molar-refractivity contribution in [2.24, 2.45) is 4.99 Å². The molecule has 1 unspecified atom stereocenters. The molecule has 4 heteroatoms. The molecule has 0 spiro atoms. The molecule has 1 rings (SSSR count). The molecule has 1 aliphatic rings. The van der Waals surface area contributed by atoms with Crippen molar-refractivity contribution in [3.8, 4) is 0 Å². The van der Waals surface area contributed by atoms with Crippen molar-refractivity contribution in [2.75, 3.05) is 18.2 Å². The van der Waals surface area contributed by atoms with Crippen LogP contribution in [0.15, 0.2) is 4.99 Å². The third kappa shape index (κ3) is 2.50. The van der Waals surface area contributed by atoms with E-state index in [2.05, 4.69) is 11.9 Å². The van der Waals surface area contributed by atoms with Gasteiger partial charge in [0.15, 0.2) is 0 Å². The van der Waals surface area contributed by atoms with Gasteiger partial charge in [0.1, 0.15) is 4.38 Å². The fourth-order valence-electron chi connectivity index (χ4n) is 0.651. The summed E-state index contributed by atoms with van der Waals surface area (Å²) >= 11 is 3.26. The Bertz CT molecular complexity index is 138. The van der Waals surface area contributed by atoms with Gasteiger partial charge in [-0.15, -0.1) is 0 Å². The summed E-state index contributed by atoms with van der Waals surface area (Å²) < 4.78 is 12.7. The number of alkyl halides is 1. The SMILES string of the molecule is CC1CSC(SCCF)=N1. The van der Waals surface area contributed by atoms with Crippen molar-refractivity contribution in [1.29, 1.82) is 0 Å². The highest BCUT2D eigenvalue weighted by molar-refractivity contribution is 8.39. The summed E-state index contributed by atoms with van der Waals surface area (Å²) in [7, 11) is 0. The third-order valence-corrected chi connectivity index (χ3v) is 3.50. The van der Waals surface area contributed by atoms with Crippen LogP contribution in [0.2, 0.25) is 0 Å². The van der Waals surface area contributed by atoms with Crippen LogP contribution in [0.5, 0.6) is 0 Å². The molecule has 1 atom stereocenters. The third-order valence-electron chi connectivity index (χ3n) is 1.08. The second-order valence-electron chi connectivity index (χ2n) is 2.09. The van der Waals surface area contributed by atoms with E-state index in [1.54, 1.807) is 11.8 Å². The van der Waals surface area contributed by atoms with Gasteiger partial charge < -0.3 is 0 Å². The van der Waals surface area contributed by atoms with E-state index in [0.29, 0.717) is 11.8 Å². The minimum atomic E-state index is -0.251. The molecule has 0 aliphatic carbocycles. The maximum Gasteiger partial charge on any atom is 0.125 e. The first-order chi connectivity index (χ1) is 4.83. The molecule has 1 heterocycles. The van der Waals surface area contributed by atoms with Crippen LogP contribution in [-0.4, -0.2) is 28.6 Å². The maximum atomic E-state index is 11.7. The number of hydrogen-bond donors (Lipinski definition) is 0. The molecule has 0 aromatic rings. The molecule has 0 aromatic carbocycles. The second-order valence-corrected chi connectivity index (χ2v) is 4.44. The van der Waals surface area contributed by atoms with Gasteiger partial charge in [-0.1, -0.05) is 23.5 Å². The molecule has 0 N–H and O–H groups in total. The lowest BCUT2D eigenvalue weighted by molar-refractivity contribution is 0.533. The Morgan fingerprint density at radius 3 is 3.20 bits per heavy atom. The van der Waals surface area contributed by atoms with Gasteiger partial charge in [0.2, 0.25) is 0 Å². The van der Waals surface area contributed by atoms with Crippen molar-refractivity contribution in [1.82, 2.24) is 0 Å². The van der Waals surface area contributed by atoms with E-state index in [4.69, 9.17) is 0 Å². The summed E-state index contributed by atoms with van der Waals surface area (Å²) in [4.78, 5) is 4.30. The highest BCUT2D eigenvalue weighted by Gasteiger charge is 2.13. The van der Waals surface area contributed by atoms with Gasteiger partial charge in [-0.2, -0.15) is 0 Å². The zero-order chi connectivity index (χ0) is 7.40. The van der Waals surface area contributed by atoms with Crippen LogP contribution in [0, 0.1) is 0 Å². The molecular weight excluding hydrogens is 169 g/mol. The smallest absolute Gasteiger partial charge is 0.125 e. The predicted octanol–water partition coefficient (Wildman–Crippen LogP) is 2.18. The first-order valence-corrected chi connectivity index (χ1v) is 5.19. The van der Waals surface area contributed by atoms with Gasteiger partial charge in [-0.05, 0) is 6.92 Å². The summed E-state index contributed by atoms with van der Waals surface area (Å²) in [6.45, 7) is 1.83. The number of nitrogens with zero attached hydrogens (tertiary/aromatic N) is 1. The standard InChI is InChI=1S/C6H10FNS2/c1-5-4-10-6(8-5)9-3-2-7/h5H,2-4H2,1H3. The van der Waals surface area contributed by atoms with Crippen LogP contribution in [0.4, 0.5) is 4.39 Å². The molecule has 0 bridgehead atoms. The summed E-state index contributed by atoms with van der Waals surface area (Å²) in [6, 6.07) is 0.437. The van der Waals surface area contributed by atoms with E-state index in [-0.39, 0.29) is 6.67 Å².